The van der Waals surface area contributed by atoms with Crippen LogP contribution in [0.4, 0.5) is 13.2 Å². The first-order valence-corrected chi connectivity index (χ1v) is 7.67. The summed E-state index contributed by atoms with van der Waals surface area (Å²) in [6.45, 7) is 7.08. The minimum atomic E-state index is -4.41. The molecule has 1 aromatic rings. The lowest BCUT2D eigenvalue weighted by atomic mass is 9.90. The number of nitrogens with zero attached hydrogens (tertiary/aromatic N) is 1. The molecule has 0 saturated carbocycles. The van der Waals surface area contributed by atoms with Crippen LogP contribution in [0.1, 0.15) is 45.2 Å². The third-order valence-corrected chi connectivity index (χ3v) is 3.52. The van der Waals surface area contributed by atoms with Crippen LogP contribution in [0, 0.1) is 5.92 Å². The van der Waals surface area contributed by atoms with E-state index in [0.29, 0.717) is 17.7 Å². The molecule has 0 aliphatic carbocycles. The average Bonchev–Trinajstić information content (AvgIpc) is 2.88. The number of halogens is 3. The average molecular weight is 343 g/mol. The van der Waals surface area contributed by atoms with Gasteiger partial charge in [0.2, 0.25) is 0 Å². The number of carbonyl (C=O) groups excluding carboxylic acids is 1. The first-order valence-electron chi connectivity index (χ1n) is 7.67. The molecular formula is C17H20F3NO3. The Morgan fingerprint density at radius 3 is 2.25 bits per heavy atom. The Balaban J connectivity index is 2.29. The van der Waals surface area contributed by atoms with E-state index in [1.165, 1.54) is 12.1 Å². The summed E-state index contributed by atoms with van der Waals surface area (Å²) in [4.78, 5) is 17.8. The highest BCUT2D eigenvalue weighted by Gasteiger charge is 2.42. The first kappa shape index (κ1) is 18.3. The molecule has 24 heavy (non-hydrogen) atoms. The van der Waals surface area contributed by atoms with Gasteiger partial charge in [0.1, 0.15) is 23.3 Å². The van der Waals surface area contributed by atoms with Gasteiger partial charge in [-0.15, -0.1) is 0 Å². The maximum absolute atomic E-state index is 12.7. The number of hydrogen-bond acceptors (Lipinski definition) is 4. The minimum Gasteiger partial charge on any atom is -0.459 e. The van der Waals surface area contributed by atoms with E-state index in [1.807, 2.05) is 6.92 Å². The Kier molecular flexibility index (Phi) is 4.92. The van der Waals surface area contributed by atoms with Crippen molar-refractivity contribution < 1.29 is 27.5 Å². The van der Waals surface area contributed by atoms with Crippen LogP contribution < -0.4 is 0 Å². The van der Waals surface area contributed by atoms with Crippen LogP contribution in [0.15, 0.2) is 29.4 Å². The van der Waals surface area contributed by atoms with Gasteiger partial charge in [0.15, 0.2) is 0 Å². The fourth-order valence-corrected chi connectivity index (χ4v) is 2.42. The predicted octanol–water partition coefficient (Wildman–Crippen LogP) is 4.18. The predicted molar refractivity (Wildman–Crippen MR) is 82.5 cm³/mol. The van der Waals surface area contributed by atoms with Crippen molar-refractivity contribution in [2.75, 3.05) is 0 Å². The molecular weight excluding hydrogens is 323 g/mol. The van der Waals surface area contributed by atoms with E-state index in [0.717, 1.165) is 12.1 Å². The highest BCUT2D eigenvalue weighted by Crippen LogP contribution is 2.32. The summed E-state index contributed by atoms with van der Waals surface area (Å²) in [6.07, 6.45) is -4.38. The number of benzene rings is 1. The molecule has 0 unspecified atom stereocenters. The summed E-state index contributed by atoms with van der Waals surface area (Å²) in [6, 6.07) is 4.51. The quantitative estimate of drug-likeness (QED) is 0.774. The van der Waals surface area contributed by atoms with Gasteiger partial charge in [-0.1, -0.05) is 24.2 Å². The molecule has 1 aliphatic rings. The molecule has 2 atom stereocenters. The Morgan fingerprint density at radius 2 is 1.79 bits per heavy atom. The lowest BCUT2D eigenvalue weighted by Gasteiger charge is -2.24. The van der Waals surface area contributed by atoms with Crippen LogP contribution >= 0.6 is 0 Å². The van der Waals surface area contributed by atoms with Crippen molar-refractivity contribution in [1.29, 1.82) is 0 Å². The minimum absolute atomic E-state index is 0.296. The van der Waals surface area contributed by atoms with Crippen molar-refractivity contribution in [1.82, 2.24) is 0 Å². The second kappa shape index (κ2) is 6.45. The van der Waals surface area contributed by atoms with Gasteiger partial charge in [0, 0.05) is 5.56 Å². The molecule has 1 heterocycles. The van der Waals surface area contributed by atoms with Gasteiger partial charge in [-0.25, -0.2) is 0 Å². The van der Waals surface area contributed by atoms with E-state index >= 15 is 0 Å². The molecule has 0 bridgehead atoms. The van der Waals surface area contributed by atoms with Gasteiger partial charge in [-0.05, 0) is 39.3 Å². The second-order valence-electron chi connectivity index (χ2n) is 6.61. The summed E-state index contributed by atoms with van der Waals surface area (Å²) in [5.74, 6) is -1.25. The Labute approximate surface area is 138 Å². The highest BCUT2D eigenvalue weighted by molar-refractivity contribution is 6.12. The van der Waals surface area contributed by atoms with E-state index in [4.69, 9.17) is 9.57 Å². The van der Waals surface area contributed by atoms with Gasteiger partial charge < -0.3 is 9.57 Å². The number of oxime groups is 1. The molecule has 0 radical (unpaired) electrons. The molecule has 0 fully saturated rings. The Bertz CT molecular complexity index is 630. The number of esters is 1. The monoisotopic (exact) mass is 343 g/mol. The Morgan fingerprint density at radius 1 is 1.21 bits per heavy atom. The standard InChI is InChI=1S/C17H20F3NO3/c1-5-12-13(15(22)23-16(2,3)4)14(21-24-12)10-6-8-11(9-7-10)17(18,19)20/h6-9,12-13H,5H2,1-4H3/t12-,13-/m0/s1. The molecule has 0 amide bonds. The van der Waals surface area contributed by atoms with E-state index in [1.54, 1.807) is 20.8 Å². The maximum atomic E-state index is 12.7. The van der Waals surface area contributed by atoms with Crippen molar-refractivity contribution in [2.24, 2.45) is 11.1 Å². The zero-order valence-corrected chi connectivity index (χ0v) is 14.0. The van der Waals surface area contributed by atoms with Crippen LogP contribution in [0.3, 0.4) is 0 Å². The van der Waals surface area contributed by atoms with Crippen LogP contribution in [0.5, 0.6) is 0 Å². The van der Waals surface area contributed by atoms with Crippen molar-refractivity contribution >= 4 is 11.7 Å². The van der Waals surface area contributed by atoms with Crippen LogP contribution in [-0.2, 0) is 20.5 Å². The molecule has 1 aromatic carbocycles. The van der Waals surface area contributed by atoms with Crippen LogP contribution in [0.25, 0.3) is 0 Å². The van der Waals surface area contributed by atoms with Crippen LogP contribution in [0.2, 0.25) is 0 Å². The van der Waals surface area contributed by atoms with E-state index < -0.39 is 35.3 Å². The highest BCUT2D eigenvalue weighted by atomic mass is 19.4. The van der Waals surface area contributed by atoms with Gasteiger partial charge >= 0.3 is 12.1 Å². The van der Waals surface area contributed by atoms with E-state index in [9.17, 15) is 18.0 Å². The number of alkyl halides is 3. The SMILES string of the molecule is CC[C@@H]1ON=C(c2ccc(C(F)(F)F)cc2)[C@H]1C(=O)OC(C)(C)C. The number of carbonyl (C=O) groups is 1. The first-order chi connectivity index (χ1) is 11.0. The molecule has 7 heteroatoms. The molecule has 4 nitrogen and oxygen atoms in total. The number of ether oxygens (including phenoxy) is 1. The zero-order chi connectivity index (χ0) is 18.1. The smallest absolute Gasteiger partial charge is 0.416 e. The largest absolute Gasteiger partial charge is 0.459 e. The summed E-state index contributed by atoms with van der Waals surface area (Å²) >= 11 is 0. The molecule has 0 aromatic heterocycles. The van der Waals surface area contributed by atoms with Gasteiger partial charge in [-0.2, -0.15) is 13.2 Å². The molecule has 2 rings (SSSR count). The Hall–Kier alpha value is -2.05. The van der Waals surface area contributed by atoms with Gasteiger partial charge in [-0.3, -0.25) is 4.79 Å². The molecule has 132 valence electrons. The lowest BCUT2D eigenvalue weighted by Crippen LogP contribution is -2.37. The molecule has 0 spiro atoms. The third kappa shape index (κ3) is 4.07. The van der Waals surface area contributed by atoms with E-state index in [2.05, 4.69) is 5.16 Å². The number of rotatable bonds is 3. The van der Waals surface area contributed by atoms with Crippen molar-refractivity contribution in [3.05, 3.63) is 35.4 Å². The second-order valence-corrected chi connectivity index (χ2v) is 6.61. The van der Waals surface area contributed by atoms with Gasteiger partial charge in [0.05, 0.1) is 5.56 Å². The molecule has 0 saturated heterocycles. The zero-order valence-electron chi connectivity index (χ0n) is 14.0. The van der Waals surface area contributed by atoms with Crippen LogP contribution in [-0.4, -0.2) is 23.4 Å². The molecule has 1 aliphatic heterocycles. The lowest BCUT2D eigenvalue weighted by molar-refractivity contribution is -0.160. The third-order valence-electron chi connectivity index (χ3n) is 3.52. The molecule has 0 N–H and O–H groups in total. The summed E-state index contributed by atoms with van der Waals surface area (Å²) in [5, 5.41) is 3.92. The summed E-state index contributed by atoms with van der Waals surface area (Å²) < 4.78 is 43.4. The topological polar surface area (TPSA) is 47.9 Å². The fraction of sp³-hybridized carbons (Fsp3) is 0.529. The maximum Gasteiger partial charge on any atom is 0.416 e. The van der Waals surface area contributed by atoms with E-state index in [-0.39, 0.29) is 0 Å². The van der Waals surface area contributed by atoms with Crippen molar-refractivity contribution in [3.8, 4) is 0 Å². The van der Waals surface area contributed by atoms with Gasteiger partial charge in [0.25, 0.3) is 0 Å². The normalized spacial score (nSPS) is 21.2. The summed E-state index contributed by atoms with van der Waals surface area (Å²) in [5.41, 5.74) is -0.727. The number of hydrogen-bond donors (Lipinski definition) is 0. The van der Waals surface area contributed by atoms with Crippen molar-refractivity contribution in [2.45, 2.75) is 52.0 Å². The van der Waals surface area contributed by atoms with Crippen molar-refractivity contribution in [3.63, 3.8) is 0 Å². The fourth-order valence-electron chi connectivity index (χ4n) is 2.42. The summed E-state index contributed by atoms with van der Waals surface area (Å²) in [7, 11) is 0.